The van der Waals surface area contributed by atoms with E-state index in [0.717, 1.165) is 25.9 Å². The smallest absolute Gasteiger partial charge is 0.276 e. The van der Waals surface area contributed by atoms with Gasteiger partial charge in [0.05, 0.1) is 6.54 Å². The molecule has 2 amide bonds. The zero-order valence-electron chi connectivity index (χ0n) is 16.0. The topological polar surface area (TPSA) is 84.7 Å². The third-order valence-electron chi connectivity index (χ3n) is 4.73. The molecule has 8 heteroatoms. The van der Waals surface area contributed by atoms with E-state index in [1.807, 2.05) is 0 Å². The van der Waals surface area contributed by atoms with Crippen LogP contribution in [0.2, 0.25) is 0 Å². The van der Waals surface area contributed by atoms with Gasteiger partial charge in [0.25, 0.3) is 11.8 Å². The summed E-state index contributed by atoms with van der Waals surface area (Å²) in [7, 11) is 0. The summed E-state index contributed by atoms with van der Waals surface area (Å²) in [6.45, 7) is 5.15. The quantitative estimate of drug-likeness (QED) is 0.821. The number of rotatable bonds is 6. The lowest BCUT2D eigenvalue weighted by Gasteiger charge is -2.29. The van der Waals surface area contributed by atoms with Gasteiger partial charge in [0.15, 0.2) is 12.3 Å². The maximum Gasteiger partial charge on any atom is 0.276 e. The number of nitrogens with zero attached hydrogens (tertiary/aromatic N) is 2. The predicted octanol–water partition coefficient (Wildman–Crippen LogP) is 2.69. The zero-order valence-corrected chi connectivity index (χ0v) is 16.0. The minimum absolute atomic E-state index is 0.0523. The van der Waals surface area contributed by atoms with Crippen LogP contribution in [0.4, 0.5) is 4.39 Å². The summed E-state index contributed by atoms with van der Waals surface area (Å²) in [5.41, 5.74) is 0.293. The van der Waals surface area contributed by atoms with Crippen molar-refractivity contribution in [2.75, 3.05) is 19.7 Å². The molecule has 1 N–H and O–H groups in total. The van der Waals surface area contributed by atoms with E-state index in [-0.39, 0.29) is 36.7 Å². The minimum Gasteiger partial charge on any atom is -0.484 e. The molecule has 2 aromatic rings. The van der Waals surface area contributed by atoms with Crippen LogP contribution in [-0.2, 0) is 11.3 Å². The standard InChI is InChI=1S/C20H24FN3O4/c1-13-7-9-24(10-8-13)20(26)19-14(2)28-18(23-19)11-22-17(25)12-27-16-5-3-15(21)4-6-16/h3-6,13H,7-12H2,1-2H3,(H,22,25). The number of hydrogen-bond acceptors (Lipinski definition) is 5. The second-order valence-corrected chi connectivity index (χ2v) is 7.01. The van der Waals surface area contributed by atoms with Gasteiger partial charge in [-0.05, 0) is 49.9 Å². The van der Waals surface area contributed by atoms with Gasteiger partial charge in [-0.1, -0.05) is 6.92 Å². The summed E-state index contributed by atoms with van der Waals surface area (Å²) in [5, 5.41) is 2.63. The first kappa shape index (κ1) is 19.9. The molecular weight excluding hydrogens is 365 g/mol. The van der Waals surface area contributed by atoms with Gasteiger partial charge in [-0.2, -0.15) is 0 Å². The van der Waals surface area contributed by atoms with Crippen molar-refractivity contribution in [2.45, 2.75) is 33.2 Å². The maximum atomic E-state index is 12.8. The van der Waals surface area contributed by atoms with Crippen LogP contribution in [0.25, 0.3) is 0 Å². The second-order valence-electron chi connectivity index (χ2n) is 7.01. The average molecular weight is 389 g/mol. The van der Waals surface area contributed by atoms with Crippen molar-refractivity contribution in [2.24, 2.45) is 5.92 Å². The van der Waals surface area contributed by atoms with Crippen LogP contribution < -0.4 is 10.1 Å². The first-order chi connectivity index (χ1) is 13.4. The molecule has 1 aromatic carbocycles. The molecular formula is C20H24FN3O4. The molecule has 1 aromatic heterocycles. The van der Waals surface area contributed by atoms with Gasteiger partial charge >= 0.3 is 0 Å². The van der Waals surface area contributed by atoms with Gasteiger partial charge in [0, 0.05) is 13.1 Å². The van der Waals surface area contributed by atoms with E-state index in [2.05, 4.69) is 17.2 Å². The highest BCUT2D eigenvalue weighted by Crippen LogP contribution is 2.20. The van der Waals surface area contributed by atoms with Crippen LogP contribution in [0, 0.1) is 18.7 Å². The Bertz CT molecular complexity index is 826. The number of oxazole rings is 1. The number of carbonyl (C=O) groups is 2. The van der Waals surface area contributed by atoms with E-state index in [4.69, 9.17) is 9.15 Å². The maximum absolute atomic E-state index is 12.8. The van der Waals surface area contributed by atoms with Crippen molar-refractivity contribution in [1.82, 2.24) is 15.2 Å². The molecule has 1 saturated heterocycles. The van der Waals surface area contributed by atoms with Crippen molar-refractivity contribution in [3.63, 3.8) is 0 Å². The number of halogens is 1. The summed E-state index contributed by atoms with van der Waals surface area (Å²) < 4.78 is 23.6. The summed E-state index contributed by atoms with van der Waals surface area (Å²) in [6, 6.07) is 5.40. The number of likely N-dealkylation sites (tertiary alicyclic amines) is 1. The number of aromatic nitrogens is 1. The third-order valence-corrected chi connectivity index (χ3v) is 4.73. The summed E-state index contributed by atoms with van der Waals surface area (Å²) in [5.74, 6) is 0.846. The molecule has 0 spiro atoms. The molecule has 150 valence electrons. The fraction of sp³-hybridized carbons (Fsp3) is 0.450. The molecule has 0 unspecified atom stereocenters. The summed E-state index contributed by atoms with van der Waals surface area (Å²) >= 11 is 0. The fourth-order valence-electron chi connectivity index (χ4n) is 2.99. The first-order valence-corrected chi connectivity index (χ1v) is 9.33. The molecule has 28 heavy (non-hydrogen) atoms. The molecule has 1 aliphatic heterocycles. The van der Waals surface area contributed by atoms with Gasteiger partial charge < -0.3 is 19.4 Å². The van der Waals surface area contributed by atoms with Gasteiger partial charge in [-0.15, -0.1) is 0 Å². The average Bonchev–Trinajstić information content (AvgIpc) is 3.06. The van der Waals surface area contributed by atoms with Crippen molar-refractivity contribution in [3.8, 4) is 5.75 Å². The largest absolute Gasteiger partial charge is 0.484 e. The molecule has 1 aliphatic rings. The van der Waals surface area contributed by atoms with Gasteiger partial charge in [-0.3, -0.25) is 9.59 Å². The predicted molar refractivity (Wildman–Crippen MR) is 99.3 cm³/mol. The normalized spacial score (nSPS) is 14.8. The van der Waals surface area contributed by atoms with Crippen LogP contribution in [0.1, 0.15) is 41.9 Å². The molecule has 1 fully saturated rings. The lowest BCUT2D eigenvalue weighted by atomic mass is 9.99. The van der Waals surface area contributed by atoms with Crippen molar-refractivity contribution >= 4 is 11.8 Å². The van der Waals surface area contributed by atoms with E-state index in [1.54, 1.807) is 11.8 Å². The first-order valence-electron chi connectivity index (χ1n) is 9.33. The second kappa shape index (κ2) is 8.86. The Labute approximate surface area is 162 Å². The zero-order chi connectivity index (χ0) is 20.1. The van der Waals surface area contributed by atoms with Crippen LogP contribution in [0.3, 0.4) is 0 Å². The number of piperidine rings is 1. The van der Waals surface area contributed by atoms with Gasteiger partial charge in [0.1, 0.15) is 17.3 Å². The van der Waals surface area contributed by atoms with E-state index in [9.17, 15) is 14.0 Å². The van der Waals surface area contributed by atoms with E-state index in [1.165, 1.54) is 24.3 Å². The SMILES string of the molecule is Cc1oc(CNC(=O)COc2ccc(F)cc2)nc1C(=O)N1CCC(C)CC1. The van der Waals surface area contributed by atoms with Crippen LogP contribution in [0.15, 0.2) is 28.7 Å². The molecule has 0 bridgehead atoms. The molecule has 0 aliphatic carbocycles. The van der Waals surface area contributed by atoms with Crippen LogP contribution in [-0.4, -0.2) is 41.4 Å². The van der Waals surface area contributed by atoms with Crippen LogP contribution >= 0.6 is 0 Å². The van der Waals surface area contributed by atoms with Gasteiger partial charge in [0.2, 0.25) is 5.89 Å². The molecule has 2 heterocycles. The number of benzene rings is 1. The highest BCUT2D eigenvalue weighted by molar-refractivity contribution is 5.93. The lowest BCUT2D eigenvalue weighted by molar-refractivity contribution is -0.123. The van der Waals surface area contributed by atoms with Crippen LogP contribution in [0.5, 0.6) is 5.75 Å². The number of hydrogen-bond donors (Lipinski definition) is 1. The number of aryl methyl sites for hydroxylation is 1. The molecule has 7 nitrogen and oxygen atoms in total. The Morgan fingerprint density at radius 3 is 2.64 bits per heavy atom. The molecule has 0 atom stereocenters. The van der Waals surface area contributed by atoms with Crippen molar-refractivity contribution < 1.29 is 23.1 Å². The van der Waals surface area contributed by atoms with Crippen molar-refractivity contribution in [1.29, 1.82) is 0 Å². The highest BCUT2D eigenvalue weighted by Gasteiger charge is 2.26. The number of amides is 2. The Morgan fingerprint density at radius 1 is 1.29 bits per heavy atom. The van der Waals surface area contributed by atoms with E-state index >= 15 is 0 Å². The fourth-order valence-corrected chi connectivity index (χ4v) is 2.99. The lowest BCUT2D eigenvalue weighted by Crippen LogP contribution is -2.38. The Hall–Kier alpha value is -2.90. The Balaban J connectivity index is 1.49. The Kier molecular flexibility index (Phi) is 6.28. The highest BCUT2D eigenvalue weighted by atomic mass is 19.1. The monoisotopic (exact) mass is 389 g/mol. The summed E-state index contributed by atoms with van der Waals surface area (Å²) in [6.07, 6.45) is 1.97. The minimum atomic E-state index is -0.377. The van der Waals surface area contributed by atoms with E-state index < -0.39 is 0 Å². The van der Waals surface area contributed by atoms with Crippen molar-refractivity contribution in [3.05, 3.63) is 47.4 Å². The van der Waals surface area contributed by atoms with E-state index in [0.29, 0.717) is 23.1 Å². The van der Waals surface area contributed by atoms with Gasteiger partial charge in [-0.25, -0.2) is 9.37 Å². The number of ether oxygens (including phenoxy) is 1. The third kappa shape index (κ3) is 5.09. The summed E-state index contributed by atoms with van der Waals surface area (Å²) in [4.78, 5) is 30.6. The number of carbonyl (C=O) groups excluding carboxylic acids is 2. The Morgan fingerprint density at radius 2 is 1.96 bits per heavy atom. The molecule has 0 radical (unpaired) electrons. The molecule has 3 rings (SSSR count). The number of nitrogens with one attached hydrogen (secondary N) is 1. The molecule has 0 saturated carbocycles.